The first kappa shape index (κ1) is 22.4. The van der Waals surface area contributed by atoms with Crippen LogP contribution in [0.5, 0.6) is 0 Å². The highest BCUT2D eigenvalue weighted by atomic mass is 32.2. The van der Waals surface area contributed by atoms with Crippen LogP contribution in [0.4, 0.5) is 0 Å². The van der Waals surface area contributed by atoms with Crippen molar-refractivity contribution < 1.29 is 12.6 Å². The normalized spacial score (nSPS) is 23.5. The molecule has 7 nitrogen and oxygen atoms in total. The van der Waals surface area contributed by atoms with Crippen molar-refractivity contribution in [2.45, 2.75) is 57.2 Å². The van der Waals surface area contributed by atoms with Crippen molar-refractivity contribution in [3.8, 4) is 0 Å². The summed E-state index contributed by atoms with van der Waals surface area (Å²) in [5, 5.41) is 6.94. The third kappa shape index (κ3) is 7.62. The Morgan fingerprint density at radius 2 is 2.04 bits per heavy atom. The van der Waals surface area contributed by atoms with E-state index < -0.39 is 20.8 Å². The molecule has 0 radical (unpaired) electrons. The van der Waals surface area contributed by atoms with Crippen molar-refractivity contribution in [2.24, 2.45) is 4.99 Å². The number of rotatable bonds is 9. The van der Waals surface area contributed by atoms with Gasteiger partial charge in [0.1, 0.15) is 0 Å². The predicted octanol–water partition coefficient (Wildman–Crippen LogP) is 0.903. The molecule has 0 saturated heterocycles. The van der Waals surface area contributed by atoms with Gasteiger partial charge in [0.05, 0.1) is 5.75 Å². The van der Waals surface area contributed by atoms with E-state index in [0.29, 0.717) is 25.6 Å². The average molecular weight is 395 g/mol. The number of hydrogen-bond donors (Lipinski definition) is 2. The number of hydrogen-bond acceptors (Lipinski definition) is 4. The quantitative estimate of drug-likeness (QED) is 0.344. The SMILES string of the molecule is CCS(=O)C1CCCC(NC(=NC)NCCCN(C)S(=O)(=O)CC)C1. The van der Waals surface area contributed by atoms with Crippen molar-refractivity contribution in [3.05, 3.63) is 0 Å². The Morgan fingerprint density at radius 3 is 2.64 bits per heavy atom. The number of guanidine groups is 1. The molecule has 1 aliphatic rings. The summed E-state index contributed by atoms with van der Waals surface area (Å²) in [6, 6.07) is 0.295. The molecule has 1 fully saturated rings. The van der Waals surface area contributed by atoms with E-state index in [9.17, 15) is 12.6 Å². The lowest BCUT2D eigenvalue weighted by Gasteiger charge is -2.30. The van der Waals surface area contributed by atoms with Crippen LogP contribution in [0.2, 0.25) is 0 Å². The summed E-state index contributed by atoms with van der Waals surface area (Å²) in [4.78, 5) is 4.24. The number of nitrogens with one attached hydrogen (secondary N) is 2. The van der Waals surface area contributed by atoms with Gasteiger partial charge >= 0.3 is 0 Å². The van der Waals surface area contributed by atoms with Crippen LogP contribution in [-0.4, -0.2) is 72.9 Å². The van der Waals surface area contributed by atoms with Crippen molar-refractivity contribution in [2.75, 3.05) is 38.7 Å². The molecule has 25 heavy (non-hydrogen) atoms. The molecule has 148 valence electrons. The number of nitrogens with zero attached hydrogens (tertiary/aromatic N) is 2. The Hall–Kier alpha value is -0.670. The molecule has 1 rings (SSSR count). The molecule has 9 heteroatoms. The molecule has 0 bridgehead atoms. The van der Waals surface area contributed by atoms with Crippen LogP contribution in [0.1, 0.15) is 46.0 Å². The summed E-state index contributed by atoms with van der Waals surface area (Å²) >= 11 is 0. The highest BCUT2D eigenvalue weighted by Gasteiger charge is 2.26. The highest BCUT2D eigenvalue weighted by Crippen LogP contribution is 2.22. The van der Waals surface area contributed by atoms with Crippen LogP contribution in [0, 0.1) is 0 Å². The molecular formula is C16H34N4O3S2. The smallest absolute Gasteiger partial charge is 0.213 e. The van der Waals surface area contributed by atoms with Gasteiger partial charge in [-0.2, -0.15) is 0 Å². The Labute approximate surface area is 155 Å². The van der Waals surface area contributed by atoms with Gasteiger partial charge < -0.3 is 10.6 Å². The Bertz CT molecular complexity index is 552. The number of aliphatic imine (C=N–C) groups is 1. The second kappa shape index (κ2) is 11.1. The maximum absolute atomic E-state index is 12.0. The van der Waals surface area contributed by atoms with E-state index in [1.807, 2.05) is 6.92 Å². The van der Waals surface area contributed by atoms with Gasteiger partial charge in [-0.1, -0.05) is 13.3 Å². The molecule has 0 aromatic carbocycles. The van der Waals surface area contributed by atoms with E-state index in [2.05, 4.69) is 15.6 Å². The Morgan fingerprint density at radius 1 is 1.32 bits per heavy atom. The highest BCUT2D eigenvalue weighted by molar-refractivity contribution is 7.89. The van der Waals surface area contributed by atoms with E-state index in [1.165, 1.54) is 4.31 Å². The molecule has 0 aromatic heterocycles. The molecule has 0 aliphatic heterocycles. The van der Waals surface area contributed by atoms with Crippen molar-refractivity contribution in [1.29, 1.82) is 0 Å². The standard InChI is InChI=1S/C16H34N4O3S2/c1-5-24(21)15-10-7-9-14(13-15)19-16(17-3)18-11-8-12-20(4)25(22,23)6-2/h14-15H,5-13H2,1-4H3,(H2,17,18,19). The van der Waals surface area contributed by atoms with Gasteiger partial charge in [0.25, 0.3) is 0 Å². The fraction of sp³-hybridized carbons (Fsp3) is 0.938. The first-order valence-corrected chi connectivity index (χ1v) is 12.1. The summed E-state index contributed by atoms with van der Waals surface area (Å²) in [6.45, 7) is 4.77. The molecule has 1 aliphatic carbocycles. The third-order valence-electron chi connectivity index (χ3n) is 4.63. The topological polar surface area (TPSA) is 90.9 Å². The minimum atomic E-state index is -3.11. The van der Waals surface area contributed by atoms with Crippen LogP contribution >= 0.6 is 0 Å². The maximum atomic E-state index is 12.0. The summed E-state index contributed by atoms with van der Waals surface area (Å²) in [5.74, 6) is 1.58. The monoisotopic (exact) mass is 394 g/mol. The molecule has 1 saturated carbocycles. The maximum Gasteiger partial charge on any atom is 0.213 e. The predicted molar refractivity (Wildman–Crippen MR) is 106 cm³/mol. The van der Waals surface area contributed by atoms with E-state index in [4.69, 9.17) is 0 Å². The van der Waals surface area contributed by atoms with Gasteiger partial charge in [0.2, 0.25) is 10.0 Å². The molecule has 0 amide bonds. The molecule has 3 unspecified atom stereocenters. The van der Waals surface area contributed by atoms with Crippen LogP contribution < -0.4 is 10.6 Å². The zero-order valence-electron chi connectivity index (χ0n) is 16.0. The van der Waals surface area contributed by atoms with Crippen LogP contribution in [0.25, 0.3) is 0 Å². The summed E-state index contributed by atoms with van der Waals surface area (Å²) in [6.07, 6.45) is 4.82. The summed E-state index contributed by atoms with van der Waals surface area (Å²) in [5.41, 5.74) is 0. The molecule has 0 aromatic rings. The zero-order chi connectivity index (χ0) is 18.9. The Balaban J connectivity index is 2.36. The third-order valence-corrected chi connectivity index (χ3v) is 8.23. The fourth-order valence-corrected chi connectivity index (χ4v) is 5.20. The molecule has 3 atom stereocenters. The first-order chi connectivity index (χ1) is 11.8. The lowest BCUT2D eigenvalue weighted by Crippen LogP contribution is -2.47. The van der Waals surface area contributed by atoms with E-state index in [1.54, 1.807) is 21.0 Å². The lowest BCUT2D eigenvalue weighted by molar-refractivity contribution is 0.412. The Kier molecular flexibility index (Phi) is 9.96. The van der Waals surface area contributed by atoms with Crippen molar-refractivity contribution >= 4 is 26.8 Å². The minimum Gasteiger partial charge on any atom is -0.356 e. The number of sulfonamides is 1. The minimum absolute atomic E-state index is 0.127. The fourth-order valence-electron chi connectivity index (χ4n) is 3.01. The van der Waals surface area contributed by atoms with Crippen LogP contribution in [0.15, 0.2) is 4.99 Å². The van der Waals surface area contributed by atoms with Crippen LogP contribution in [-0.2, 0) is 20.8 Å². The largest absolute Gasteiger partial charge is 0.356 e. The summed E-state index contributed by atoms with van der Waals surface area (Å²) in [7, 11) is -0.506. The van der Waals surface area contributed by atoms with Gasteiger partial charge in [0, 0.05) is 55.0 Å². The molecular weight excluding hydrogens is 360 g/mol. The van der Waals surface area contributed by atoms with Gasteiger partial charge in [-0.25, -0.2) is 12.7 Å². The van der Waals surface area contributed by atoms with E-state index in [0.717, 1.165) is 37.4 Å². The van der Waals surface area contributed by atoms with Gasteiger partial charge in [-0.05, 0) is 32.6 Å². The van der Waals surface area contributed by atoms with Crippen molar-refractivity contribution in [3.63, 3.8) is 0 Å². The second-order valence-corrected chi connectivity index (χ2v) is 10.7. The van der Waals surface area contributed by atoms with Crippen molar-refractivity contribution in [1.82, 2.24) is 14.9 Å². The van der Waals surface area contributed by atoms with Gasteiger partial charge in [-0.15, -0.1) is 0 Å². The van der Waals surface area contributed by atoms with Gasteiger partial charge in [-0.3, -0.25) is 9.20 Å². The molecule has 0 spiro atoms. The van der Waals surface area contributed by atoms with Gasteiger partial charge in [0.15, 0.2) is 5.96 Å². The second-order valence-electron chi connectivity index (χ2n) is 6.37. The molecule has 2 N–H and O–H groups in total. The summed E-state index contributed by atoms with van der Waals surface area (Å²) < 4.78 is 36.8. The average Bonchev–Trinajstić information content (AvgIpc) is 2.63. The first-order valence-electron chi connectivity index (χ1n) is 9.12. The van der Waals surface area contributed by atoms with Crippen LogP contribution in [0.3, 0.4) is 0 Å². The zero-order valence-corrected chi connectivity index (χ0v) is 17.6. The lowest BCUT2D eigenvalue weighted by atomic mass is 9.95. The van der Waals surface area contributed by atoms with E-state index >= 15 is 0 Å². The molecule has 0 heterocycles. The van der Waals surface area contributed by atoms with E-state index in [-0.39, 0.29) is 11.0 Å².